The van der Waals surface area contributed by atoms with E-state index in [0.29, 0.717) is 0 Å². The van der Waals surface area contributed by atoms with Crippen molar-refractivity contribution in [2.45, 2.75) is 6.92 Å². The molecule has 0 spiro atoms. The number of rotatable bonds is 0. The Morgan fingerprint density at radius 2 is 2.10 bits per heavy atom. The summed E-state index contributed by atoms with van der Waals surface area (Å²) in [5.41, 5.74) is 7.64. The number of nitrogens with two attached hydrogens (primary N) is 1. The Bertz CT molecular complexity index is 237. The molecule has 1 rings (SSSR count). The van der Waals surface area contributed by atoms with Crippen molar-refractivity contribution >= 4 is 44.2 Å². The first-order valence-electron chi connectivity index (χ1n) is 2.82. The van der Waals surface area contributed by atoms with Gasteiger partial charge in [0.15, 0.2) is 0 Å². The van der Waals surface area contributed by atoms with Gasteiger partial charge in [-0.25, -0.2) is 0 Å². The molecule has 1 aromatic carbocycles. The van der Waals surface area contributed by atoms with Crippen LogP contribution in [0, 0.1) is 10.5 Å². The zero-order chi connectivity index (χ0) is 7.72. The molecule has 3 heteroatoms. The van der Waals surface area contributed by atoms with Gasteiger partial charge in [0.1, 0.15) is 0 Å². The van der Waals surface area contributed by atoms with Crippen molar-refractivity contribution in [3.8, 4) is 0 Å². The van der Waals surface area contributed by atoms with Gasteiger partial charge < -0.3 is 5.73 Å². The summed E-state index contributed by atoms with van der Waals surface area (Å²) >= 11 is 5.65. The maximum absolute atomic E-state index is 5.69. The van der Waals surface area contributed by atoms with Crippen LogP contribution in [-0.4, -0.2) is 0 Å². The number of hydrogen-bond acceptors (Lipinski definition) is 1. The maximum Gasteiger partial charge on any atom is 0.0365 e. The van der Waals surface area contributed by atoms with E-state index < -0.39 is 0 Å². The molecule has 0 heterocycles. The van der Waals surface area contributed by atoms with Crippen LogP contribution < -0.4 is 5.73 Å². The summed E-state index contributed by atoms with van der Waals surface area (Å²) in [6.07, 6.45) is 0. The van der Waals surface area contributed by atoms with E-state index in [2.05, 4.69) is 38.5 Å². The molecule has 0 saturated heterocycles. The van der Waals surface area contributed by atoms with Crippen LogP contribution in [0.25, 0.3) is 0 Å². The van der Waals surface area contributed by atoms with E-state index in [0.717, 1.165) is 19.3 Å². The Kier molecular flexibility index (Phi) is 2.57. The third kappa shape index (κ3) is 1.63. The van der Waals surface area contributed by atoms with Gasteiger partial charge in [-0.05, 0) is 47.2 Å². The smallest absolute Gasteiger partial charge is 0.0365 e. The molecule has 0 fully saturated rings. The van der Waals surface area contributed by atoms with E-state index in [1.54, 1.807) is 0 Å². The molecule has 0 aliphatic carbocycles. The summed E-state index contributed by atoms with van der Waals surface area (Å²) in [5.74, 6) is 0. The molecule has 0 saturated carbocycles. The van der Waals surface area contributed by atoms with Gasteiger partial charge in [-0.3, -0.25) is 0 Å². The molecular formula is C7H7BrIN. The third-order valence-corrected chi connectivity index (χ3v) is 2.80. The van der Waals surface area contributed by atoms with Crippen LogP contribution in [0.15, 0.2) is 16.6 Å². The fourth-order valence-corrected chi connectivity index (χ4v) is 2.22. The molecule has 0 aliphatic rings. The Morgan fingerprint density at radius 3 is 2.60 bits per heavy atom. The lowest BCUT2D eigenvalue weighted by Crippen LogP contribution is -1.90. The van der Waals surface area contributed by atoms with Crippen LogP contribution in [0.1, 0.15) is 5.56 Å². The standard InChI is InChI=1S/C7H7BrIN/c1-4-6(8)2-5(9)3-7(4)10/h2-3H,10H2,1H3. The van der Waals surface area contributed by atoms with Gasteiger partial charge in [-0.2, -0.15) is 0 Å². The molecule has 2 N–H and O–H groups in total. The summed E-state index contributed by atoms with van der Waals surface area (Å²) < 4.78 is 2.24. The number of anilines is 1. The van der Waals surface area contributed by atoms with Crippen molar-refractivity contribution in [1.29, 1.82) is 0 Å². The minimum atomic E-state index is 0.846. The van der Waals surface area contributed by atoms with Crippen molar-refractivity contribution in [3.05, 3.63) is 25.7 Å². The predicted molar refractivity (Wildman–Crippen MR) is 56.0 cm³/mol. The van der Waals surface area contributed by atoms with Gasteiger partial charge >= 0.3 is 0 Å². The van der Waals surface area contributed by atoms with Crippen LogP contribution in [0.3, 0.4) is 0 Å². The van der Waals surface area contributed by atoms with Crippen molar-refractivity contribution < 1.29 is 0 Å². The second-order valence-electron chi connectivity index (χ2n) is 2.10. The zero-order valence-corrected chi connectivity index (χ0v) is 9.23. The predicted octanol–water partition coefficient (Wildman–Crippen LogP) is 2.94. The SMILES string of the molecule is Cc1c(N)cc(I)cc1Br. The van der Waals surface area contributed by atoms with Gasteiger partial charge in [-0.1, -0.05) is 15.9 Å². The van der Waals surface area contributed by atoms with Crippen LogP contribution in [0.5, 0.6) is 0 Å². The monoisotopic (exact) mass is 311 g/mol. The van der Waals surface area contributed by atoms with E-state index in [1.165, 1.54) is 0 Å². The average molecular weight is 312 g/mol. The number of nitrogen functional groups attached to an aromatic ring is 1. The van der Waals surface area contributed by atoms with Crippen LogP contribution >= 0.6 is 38.5 Å². The Morgan fingerprint density at radius 1 is 1.50 bits per heavy atom. The van der Waals surface area contributed by atoms with Gasteiger partial charge in [0.2, 0.25) is 0 Å². The van der Waals surface area contributed by atoms with Crippen LogP contribution in [0.4, 0.5) is 5.69 Å². The molecule has 0 bridgehead atoms. The summed E-state index contributed by atoms with van der Waals surface area (Å²) in [6, 6.07) is 4.01. The Hall–Kier alpha value is 0.230. The maximum atomic E-state index is 5.69. The Balaban J connectivity index is 3.31. The van der Waals surface area contributed by atoms with E-state index in [9.17, 15) is 0 Å². The highest BCUT2D eigenvalue weighted by Crippen LogP contribution is 2.24. The molecular weight excluding hydrogens is 305 g/mol. The van der Waals surface area contributed by atoms with Crippen LogP contribution in [0.2, 0.25) is 0 Å². The summed E-state index contributed by atoms with van der Waals surface area (Å²) in [7, 11) is 0. The highest BCUT2D eigenvalue weighted by atomic mass is 127. The Labute approximate surface area is 82.3 Å². The highest BCUT2D eigenvalue weighted by molar-refractivity contribution is 14.1. The second kappa shape index (κ2) is 3.09. The lowest BCUT2D eigenvalue weighted by Gasteiger charge is -2.02. The molecule has 0 aliphatic heterocycles. The lowest BCUT2D eigenvalue weighted by atomic mass is 10.2. The average Bonchev–Trinajstić information content (AvgIpc) is 1.82. The minimum Gasteiger partial charge on any atom is -0.398 e. The quantitative estimate of drug-likeness (QED) is 0.578. The van der Waals surface area contributed by atoms with E-state index >= 15 is 0 Å². The first-order valence-corrected chi connectivity index (χ1v) is 4.69. The van der Waals surface area contributed by atoms with Crippen molar-refractivity contribution in [3.63, 3.8) is 0 Å². The van der Waals surface area contributed by atoms with Crippen molar-refractivity contribution in [2.24, 2.45) is 0 Å². The molecule has 0 unspecified atom stereocenters. The fourth-order valence-electron chi connectivity index (χ4n) is 0.666. The lowest BCUT2D eigenvalue weighted by molar-refractivity contribution is 1.42. The zero-order valence-electron chi connectivity index (χ0n) is 5.49. The van der Waals surface area contributed by atoms with E-state index in [1.807, 2.05) is 19.1 Å². The topological polar surface area (TPSA) is 26.0 Å². The molecule has 0 radical (unpaired) electrons. The molecule has 10 heavy (non-hydrogen) atoms. The molecule has 1 nitrogen and oxygen atoms in total. The molecule has 1 aromatic rings. The fraction of sp³-hybridized carbons (Fsp3) is 0.143. The van der Waals surface area contributed by atoms with Crippen molar-refractivity contribution in [2.75, 3.05) is 5.73 Å². The number of hydrogen-bond donors (Lipinski definition) is 1. The third-order valence-electron chi connectivity index (χ3n) is 1.35. The van der Waals surface area contributed by atoms with Crippen molar-refractivity contribution in [1.82, 2.24) is 0 Å². The van der Waals surface area contributed by atoms with E-state index in [-0.39, 0.29) is 0 Å². The van der Waals surface area contributed by atoms with Gasteiger partial charge in [-0.15, -0.1) is 0 Å². The second-order valence-corrected chi connectivity index (χ2v) is 4.20. The van der Waals surface area contributed by atoms with E-state index in [4.69, 9.17) is 5.73 Å². The summed E-state index contributed by atoms with van der Waals surface area (Å²) in [4.78, 5) is 0. The highest BCUT2D eigenvalue weighted by Gasteiger charge is 1.99. The molecule has 54 valence electrons. The number of halogens is 2. The molecule has 0 amide bonds. The molecule has 0 atom stereocenters. The van der Waals surface area contributed by atoms with Gasteiger partial charge in [0.05, 0.1) is 0 Å². The van der Waals surface area contributed by atoms with Crippen LogP contribution in [-0.2, 0) is 0 Å². The number of benzene rings is 1. The normalized spacial score (nSPS) is 9.90. The minimum absolute atomic E-state index is 0.846. The molecule has 0 aromatic heterocycles. The van der Waals surface area contributed by atoms with Gasteiger partial charge in [0.25, 0.3) is 0 Å². The largest absolute Gasteiger partial charge is 0.398 e. The van der Waals surface area contributed by atoms with Gasteiger partial charge in [0, 0.05) is 13.7 Å². The summed E-state index contributed by atoms with van der Waals surface area (Å²) in [5, 5.41) is 0. The first kappa shape index (κ1) is 8.33. The first-order chi connectivity index (χ1) is 4.61. The summed E-state index contributed by atoms with van der Waals surface area (Å²) in [6.45, 7) is 2.00.